The summed E-state index contributed by atoms with van der Waals surface area (Å²) >= 11 is 0. The molecule has 3 aromatic carbocycles. The van der Waals surface area contributed by atoms with Crippen molar-refractivity contribution in [3.63, 3.8) is 0 Å². The average molecular weight is 387 g/mol. The Morgan fingerprint density at radius 2 is 1.64 bits per heavy atom. The standard InChI is InChI=1S/C23H22N2O2Si/c26-23-21-11-16(25-17-13-28-14-17)10-20(22(21)12-24-23)15-6-8-19(9-7-15)27-18-4-2-1-3-5-18/h1-11,17,25H,12-14,28H2,(H,24,26). The molecule has 0 saturated carbocycles. The van der Waals surface area contributed by atoms with Crippen molar-refractivity contribution in [3.8, 4) is 22.6 Å². The van der Waals surface area contributed by atoms with Crippen molar-refractivity contribution in [1.82, 2.24) is 5.32 Å². The summed E-state index contributed by atoms with van der Waals surface area (Å²) in [5, 5.41) is 6.58. The number of ether oxygens (including phenoxy) is 1. The predicted molar refractivity (Wildman–Crippen MR) is 115 cm³/mol. The summed E-state index contributed by atoms with van der Waals surface area (Å²) in [6, 6.07) is 25.3. The summed E-state index contributed by atoms with van der Waals surface area (Å²) in [6.45, 7) is 0.586. The number of hydrogen-bond acceptors (Lipinski definition) is 3. The van der Waals surface area contributed by atoms with Crippen molar-refractivity contribution in [2.24, 2.45) is 0 Å². The van der Waals surface area contributed by atoms with Crippen molar-refractivity contribution in [3.05, 3.63) is 77.9 Å². The lowest BCUT2D eigenvalue weighted by molar-refractivity contribution is 0.0966. The van der Waals surface area contributed by atoms with Crippen LogP contribution in [0, 0.1) is 0 Å². The highest BCUT2D eigenvalue weighted by atomic mass is 28.2. The van der Waals surface area contributed by atoms with Crippen LogP contribution in [0.2, 0.25) is 12.1 Å². The zero-order chi connectivity index (χ0) is 18.9. The predicted octanol–water partition coefficient (Wildman–Crippen LogP) is 4.19. The number of anilines is 1. The summed E-state index contributed by atoms with van der Waals surface area (Å²) in [6.07, 6.45) is 0. The van der Waals surface area contributed by atoms with Crippen LogP contribution in [0.1, 0.15) is 15.9 Å². The molecule has 0 atom stereocenters. The zero-order valence-electron chi connectivity index (χ0n) is 15.6. The van der Waals surface area contributed by atoms with E-state index in [9.17, 15) is 4.79 Å². The minimum Gasteiger partial charge on any atom is -0.457 e. The van der Waals surface area contributed by atoms with Crippen LogP contribution >= 0.6 is 0 Å². The van der Waals surface area contributed by atoms with E-state index < -0.39 is 0 Å². The minimum atomic E-state index is 0.0203. The van der Waals surface area contributed by atoms with E-state index in [1.54, 1.807) is 0 Å². The molecule has 2 N–H and O–H groups in total. The van der Waals surface area contributed by atoms with E-state index in [2.05, 4.69) is 28.8 Å². The van der Waals surface area contributed by atoms with E-state index in [1.165, 1.54) is 12.1 Å². The van der Waals surface area contributed by atoms with Gasteiger partial charge in [-0.2, -0.15) is 0 Å². The molecule has 0 radical (unpaired) electrons. The summed E-state index contributed by atoms with van der Waals surface area (Å²) in [5.41, 5.74) is 5.13. The third kappa shape index (κ3) is 3.29. The van der Waals surface area contributed by atoms with Gasteiger partial charge in [0.05, 0.1) is 0 Å². The van der Waals surface area contributed by atoms with Gasteiger partial charge < -0.3 is 15.4 Å². The van der Waals surface area contributed by atoms with Gasteiger partial charge >= 0.3 is 0 Å². The molecule has 1 saturated heterocycles. The van der Waals surface area contributed by atoms with E-state index in [-0.39, 0.29) is 15.4 Å². The molecule has 2 heterocycles. The van der Waals surface area contributed by atoms with E-state index >= 15 is 0 Å². The molecular formula is C23H22N2O2Si. The number of fused-ring (bicyclic) bond motifs is 1. The lowest BCUT2D eigenvalue weighted by Gasteiger charge is -2.27. The SMILES string of the molecule is O=C1NCc2c1cc(NC1C[SiH2]C1)cc2-c1ccc(Oc2ccccc2)cc1. The van der Waals surface area contributed by atoms with Crippen LogP contribution in [0.4, 0.5) is 5.69 Å². The number of nitrogens with one attached hydrogen (secondary N) is 2. The van der Waals surface area contributed by atoms with Crippen LogP contribution in [0.15, 0.2) is 66.7 Å². The second kappa shape index (κ2) is 7.17. The highest BCUT2D eigenvalue weighted by molar-refractivity contribution is 6.40. The first kappa shape index (κ1) is 17.1. The fourth-order valence-electron chi connectivity index (χ4n) is 3.79. The molecule has 0 aliphatic carbocycles. The van der Waals surface area contributed by atoms with Gasteiger partial charge in [-0.25, -0.2) is 0 Å². The van der Waals surface area contributed by atoms with Gasteiger partial charge in [0.15, 0.2) is 0 Å². The number of hydrogen-bond donors (Lipinski definition) is 2. The maximum absolute atomic E-state index is 12.3. The van der Waals surface area contributed by atoms with Gasteiger partial charge in [0.2, 0.25) is 0 Å². The smallest absolute Gasteiger partial charge is 0.251 e. The normalized spacial score (nSPS) is 18.3. The maximum Gasteiger partial charge on any atom is 0.251 e. The third-order valence-corrected chi connectivity index (χ3v) is 7.75. The molecule has 2 aliphatic rings. The first-order valence-corrected chi connectivity index (χ1v) is 11.8. The molecule has 140 valence electrons. The van der Waals surface area contributed by atoms with Crippen LogP contribution in [-0.4, -0.2) is 21.5 Å². The Labute approximate surface area is 166 Å². The molecule has 5 heteroatoms. The minimum absolute atomic E-state index is 0.0203. The largest absolute Gasteiger partial charge is 0.457 e. The van der Waals surface area contributed by atoms with E-state index in [0.717, 1.165) is 39.4 Å². The molecule has 3 aromatic rings. The fraction of sp³-hybridized carbons (Fsp3) is 0.174. The van der Waals surface area contributed by atoms with Crippen LogP contribution in [0.25, 0.3) is 11.1 Å². The molecule has 0 aromatic heterocycles. The quantitative estimate of drug-likeness (QED) is 0.647. The first-order chi connectivity index (χ1) is 13.8. The van der Waals surface area contributed by atoms with Crippen molar-refractivity contribution in [1.29, 1.82) is 0 Å². The molecule has 0 bridgehead atoms. The number of para-hydroxylation sites is 1. The number of rotatable bonds is 5. The second-order valence-electron chi connectivity index (χ2n) is 7.44. The van der Waals surface area contributed by atoms with Crippen LogP contribution in [0.5, 0.6) is 11.5 Å². The van der Waals surface area contributed by atoms with Gasteiger partial charge in [-0.1, -0.05) is 30.3 Å². The highest BCUT2D eigenvalue weighted by Crippen LogP contribution is 2.35. The molecule has 0 unspecified atom stereocenters. The molecular weight excluding hydrogens is 364 g/mol. The van der Waals surface area contributed by atoms with Crippen molar-refractivity contribution in [2.75, 3.05) is 5.32 Å². The molecule has 5 rings (SSSR count). The van der Waals surface area contributed by atoms with Gasteiger partial charge in [0.1, 0.15) is 11.5 Å². The second-order valence-corrected chi connectivity index (χ2v) is 9.31. The summed E-state index contributed by atoms with van der Waals surface area (Å²) in [4.78, 5) is 12.3. The monoisotopic (exact) mass is 386 g/mol. The van der Waals surface area contributed by atoms with Crippen molar-refractivity contribution >= 4 is 21.1 Å². The van der Waals surface area contributed by atoms with Gasteiger partial charge in [0, 0.05) is 33.4 Å². The Balaban J connectivity index is 1.46. The fourth-order valence-corrected chi connectivity index (χ4v) is 4.89. The van der Waals surface area contributed by atoms with Gasteiger partial charge in [0.25, 0.3) is 5.91 Å². The lowest BCUT2D eigenvalue weighted by atomic mass is 9.95. The average Bonchev–Trinajstić information content (AvgIpc) is 3.07. The summed E-state index contributed by atoms with van der Waals surface area (Å²) in [7, 11) is 0.175. The van der Waals surface area contributed by atoms with Gasteiger partial charge in [-0.3, -0.25) is 4.79 Å². The number of carbonyl (C=O) groups excluding carboxylic acids is 1. The Morgan fingerprint density at radius 3 is 2.36 bits per heavy atom. The molecule has 2 aliphatic heterocycles. The summed E-state index contributed by atoms with van der Waals surface area (Å²) < 4.78 is 5.90. The number of benzene rings is 3. The van der Waals surface area contributed by atoms with Crippen LogP contribution < -0.4 is 15.4 Å². The lowest BCUT2D eigenvalue weighted by Crippen LogP contribution is -2.31. The third-order valence-electron chi connectivity index (χ3n) is 5.54. The summed E-state index contributed by atoms with van der Waals surface area (Å²) in [5.74, 6) is 1.64. The first-order valence-electron chi connectivity index (χ1n) is 9.81. The maximum atomic E-state index is 12.3. The Hall–Kier alpha value is -3.05. The Kier molecular flexibility index (Phi) is 4.37. The van der Waals surface area contributed by atoms with E-state index in [1.807, 2.05) is 48.5 Å². The number of amides is 1. The molecule has 4 nitrogen and oxygen atoms in total. The zero-order valence-corrected chi connectivity index (χ0v) is 17.0. The molecule has 1 fully saturated rings. The molecule has 1 amide bonds. The van der Waals surface area contributed by atoms with Crippen LogP contribution in [-0.2, 0) is 6.54 Å². The van der Waals surface area contributed by atoms with E-state index in [0.29, 0.717) is 12.6 Å². The highest BCUT2D eigenvalue weighted by Gasteiger charge is 2.25. The van der Waals surface area contributed by atoms with Gasteiger partial charge in [-0.15, -0.1) is 0 Å². The number of carbonyl (C=O) groups is 1. The van der Waals surface area contributed by atoms with Crippen molar-refractivity contribution < 1.29 is 9.53 Å². The van der Waals surface area contributed by atoms with E-state index in [4.69, 9.17) is 4.74 Å². The molecule has 0 spiro atoms. The Bertz CT molecular complexity index is 1010. The molecule has 28 heavy (non-hydrogen) atoms. The van der Waals surface area contributed by atoms with Gasteiger partial charge in [-0.05, 0) is 65.2 Å². The van der Waals surface area contributed by atoms with Crippen LogP contribution in [0.3, 0.4) is 0 Å². The Morgan fingerprint density at radius 1 is 0.929 bits per heavy atom. The van der Waals surface area contributed by atoms with Crippen molar-refractivity contribution in [2.45, 2.75) is 24.7 Å². The topological polar surface area (TPSA) is 50.4 Å².